The lowest BCUT2D eigenvalue weighted by Crippen LogP contribution is -2.18. The van der Waals surface area contributed by atoms with Gasteiger partial charge < -0.3 is 14.0 Å². The van der Waals surface area contributed by atoms with Gasteiger partial charge in [-0.1, -0.05) is 24.3 Å². The number of aryl methyl sites for hydroxylation is 2. The third kappa shape index (κ3) is 5.34. The molecule has 0 aliphatic heterocycles. The number of ether oxygens (including phenoxy) is 2. The van der Waals surface area contributed by atoms with Crippen molar-refractivity contribution >= 4 is 46.3 Å². The van der Waals surface area contributed by atoms with E-state index in [4.69, 9.17) is 21.1 Å². The van der Waals surface area contributed by atoms with Gasteiger partial charge in [0, 0.05) is 17.1 Å². The van der Waals surface area contributed by atoms with E-state index >= 15 is 0 Å². The van der Waals surface area contributed by atoms with Gasteiger partial charge in [0.25, 0.3) is 5.91 Å². The molecule has 0 aliphatic rings. The molecule has 2 aromatic carbocycles. The van der Waals surface area contributed by atoms with Crippen molar-refractivity contribution in [2.45, 2.75) is 13.8 Å². The molecule has 0 aliphatic carbocycles. The highest BCUT2D eigenvalue weighted by Crippen LogP contribution is 2.33. The van der Waals surface area contributed by atoms with Crippen LogP contribution in [0.2, 0.25) is 5.02 Å². The Bertz CT molecular complexity index is 1170. The quantitative estimate of drug-likeness (QED) is 0.166. The molecule has 8 heteroatoms. The summed E-state index contributed by atoms with van der Waals surface area (Å²) in [5.74, 6) is 0.807. The van der Waals surface area contributed by atoms with Crippen LogP contribution in [0.4, 0.5) is 0 Å². The van der Waals surface area contributed by atoms with Crippen LogP contribution in [0.3, 0.4) is 0 Å². The van der Waals surface area contributed by atoms with Gasteiger partial charge in [0.2, 0.25) is 0 Å². The summed E-state index contributed by atoms with van der Waals surface area (Å²) in [6, 6.07) is 13.0. The zero-order chi connectivity index (χ0) is 23.3. The molecule has 1 aromatic heterocycles. The van der Waals surface area contributed by atoms with Crippen molar-refractivity contribution in [1.82, 2.24) is 9.99 Å². The monoisotopic (exact) mass is 563 g/mol. The number of nitrogens with one attached hydrogen (secondary N) is 1. The van der Waals surface area contributed by atoms with Gasteiger partial charge in [-0.05, 0) is 84.5 Å². The van der Waals surface area contributed by atoms with E-state index in [2.05, 4.69) is 44.3 Å². The second-order valence-corrected chi connectivity index (χ2v) is 8.52. The number of halogens is 2. The molecule has 1 amide bonds. The number of carbonyl (C=O) groups is 1. The van der Waals surface area contributed by atoms with Crippen LogP contribution in [0.15, 0.2) is 60.2 Å². The van der Waals surface area contributed by atoms with E-state index in [1.807, 2.05) is 38.1 Å². The highest BCUT2D eigenvalue weighted by molar-refractivity contribution is 14.1. The number of hydrazone groups is 1. The first-order valence-electron chi connectivity index (χ1n) is 9.75. The number of aromatic nitrogens is 1. The lowest BCUT2D eigenvalue weighted by atomic mass is 10.2. The molecular formula is C24H23ClIN3O3. The molecule has 0 saturated heterocycles. The Kier molecular flexibility index (Phi) is 7.98. The molecule has 32 heavy (non-hydrogen) atoms. The fraction of sp³-hybridized carbons (Fsp3) is 0.167. The minimum absolute atomic E-state index is 0.343. The van der Waals surface area contributed by atoms with Gasteiger partial charge in [0.15, 0.2) is 11.5 Å². The molecule has 0 spiro atoms. The van der Waals surface area contributed by atoms with E-state index in [9.17, 15) is 4.79 Å². The average molecular weight is 564 g/mol. The highest BCUT2D eigenvalue weighted by Gasteiger charge is 2.13. The first-order valence-corrected chi connectivity index (χ1v) is 11.2. The molecule has 1 heterocycles. The van der Waals surface area contributed by atoms with E-state index < -0.39 is 5.91 Å². The summed E-state index contributed by atoms with van der Waals surface area (Å²) in [5.41, 5.74) is 6.69. The average Bonchev–Trinajstić information content (AvgIpc) is 3.10. The van der Waals surface area contributed by atoms with Crippen LogP contribution in [-0.4, -0.2) is 30.4 Å². The topological polar surface area (TPSA) is 64.8 Å². The molecule has 0 atom stereocenters. The van der Waals surface area contributed by atoms with Crippen molar-refractivity contribution in [2.24, 2.45) is 5.10 Å². The number of benzene rings is 2. The Labute approximate surface area is 206 Å². The molecule has 0 saturated carbocycles. The highest BCUT2D eigenvalue weighted by atomic mass is 127. The van der Waals surface area contributed by atoms with Crippen LogP contribution in [0.5, 0.6) is 11.5 Å². The van der Waals surface area contributed by atoms with Crippen molar-refractivity contribution in [3.8, 4) is 17.2 Å². The summed E-state index contributed by atoms with van der Waals surface area (Å²) in [6.07, 6.45) is 3.20. The van der Waals surface area contributed by atoms with Crippen LogP contribution >= 0.6 is 34.2 Å². The molecule has 0 fully saturated rings. The summed E-state index contributed by atoms with van der Waals surface area (Å²) in [5, 5.41) is 4.41. The summed E-state index contributed by atoms with van der Waals surface area (Å²) in [7, 11) is 1.57. The molecule has 1 N–H and O–H groups in total. The second-order valence-electron chi connectivity index (χ2n) is 6.95. The fourth-order valence-corrected chi connectivity index (χ4v) is 4.27. The Morgan fingerprint density at radius 1 is 1.22 bits per heavy atom. The number of hydrogen-bond acceptors (Lipinski definition) is 4. The maximum Gasteiger partial charge on any atom is 0.272 e. The van der Waals surface area contributed by atoms with Crippen molar-refractivity contribution < 1.29 is 14.3 Å². The van der Waals surface area contributed by atoms with Gasteiger partial charge in [-0.2, -0.15) is 5.10 Å². The van der Waals surface area contributed by atoms with Gasteiger partial charge in [0.1, 0.15) is 6.61 Å². The third-order valence-electron chi connectivity index (χ3n) is 4.70. The van der Waals surface area contributed by atoms with Crippen molar-refractivity contribution in [2.75, 3.05) is 13.7 Å². The number of methoxy groups -OCH3 is 1. The lowest BCUT2D eigenvalue weighted by Gasteiger charge is -2.12. The smallest absolute Gasteiger partial charge is 0.272 e. The Hall–Kier alpha value is -2.78. The van der Waals surface area contributed by atoms with Crippen LogP contribution in [-0.2, 0) is 0 Å². The minimum Gasteiger partial charge on any atom is -0.493 e. The maximum absolute atomic E-state index is 12.6. The van der Waals surface area contributed by atoms with E-state index in [1.165, 1.54) is 6.21 Å². The predicted octanol–water partition coefficient (Wildman–Crippen LogP) is 5.69. The van der Waals surface area contributed by atoms with Gasteiger partial charge in [-0.3, -0.25) is 4.79 Å². The maximum atomic E-state index is 12.6. The Morgan fingerprint density at radius 3 is 2.56 bits per heavy atom. The van der Waals surface area contributed by atoms with Crippen LogP contribution in [0.1, 0.15) is 27.3 Å². The lowest BCUT2D eigenvalue weighted by molar-refractivity contribution is 0.0955. The molecule has 166 valence electrons. The number of carbonyl (C=O) groups excluding carboxylic acids is 1. The van der Waals surface area contributed by atoms with E-state index in [-0.39, 0.29) is 0 Å². The summed E-state index contributed by atoms with van der Waals surface area (Å²) in [4.78, 5) is 12.6. The summed E-state index contributed by atoms with van der Waals surface area (Å²) in [6.45, 7) is 8.06. The van der Waals surface area contributed by atoms with E-state index in [0.717, 1.165) is 26.2 Å². The van der Waals surface area contributed by atoms with Crippen LogP contribution < -0.4 is 14.9 Å². The van der Waals surface area contributed by atoms with Crippen molar-refractivity contribution in [3.63, 3.8) is 0 Å². The summed E-state index contributed by atoms with van der Waals surface area (Å²) >= 11 is 8.55. The van der Waals surface area contributed by atoms with Gasteiger partial charge in [-0.25, -0.2) is 5.43 Å². The van der Waals surface area contributed by atoms with E-state index in [0.29, 0.717) is 28.7 Å². The number of hydrogen-bond donors (Lipinski definition) is 1. The molecule has 0 bridgehead atoms. The molecule has 3 rings (SSSR count). The molecule has 3 aromatic rings. The normalized spacial score (nSPS) is 10.9. The first-order chi connectivity index (χ1) is 15.3. The number of nitrogens with zero attached hydrogens (tertiary/aromatic N) is 2. The predicted molar refractivity (Wildman–Crippen MR) is 137 cm³/mol. The minimum atomic E-state index is -0.397. The van der Waals surface area contributed by atoms with Crippen LogP contribution in [0, 0.1) is 17.4 Å². The van der Waals surface area contributed by atoms with E-state index in [1.54, 1.807) is 31.4 Å². The van der Waals surface area contributed by atoms with Gasteiger partial charge in [0.05, 0.1) is 27.5 Å². The van der Waals surface area contributed by atoms with Crippen molar-refractivity contribution in [3.05, 3.63) is 86.2 Å². The third-order valence-corrected chi connectivity index (χ3v) is 5.82. The van der Waals surface area contributed by atoms with Crippen molar-refractivity contribution in [1.29, 1.82) is 0 Å². The molecular weight excluding hydrogens is 541 g/mol. The fourth-order valence-electron chi connectivity index (χ4n) is 3.23. The molecule has 0 unspecified atom stereocenters. The van der Waals surface area contributed by atoms with Gasteiger partial charge >= 0.3 is 0 Å². The first kappa shape index (κ1) is 23.9. The molecule has 0 radical (unpaired) electrons. The largest absolute Gasteiger partial charge is 0.493 e. The number of rotatable bonds is 8. The SMILES string of the molecule is C=CCOc1c(I)cc(/C=N\NC(=O)c2ccc(-n3c(C)ccc3C)cc2Cl)cc1OC. The molecule has 6 nitrogen and oxygen atoms in total. The Balaban J connectivity index is 1.74. The Morgan fingerprint density at radius 2 is 1.94 bits per heavy atom. The summed E-state index contributed by atoms with van der Waals surface area (Å²) < 4.78 is 14.0. The zero-order valence-electron chi connectivity index (χ0n) is 18.0. The standard InChI is InChI=1S/C24H23ClIN3O3/c1-5-10-32-23-21(26)11-17(12-22(23)31-4)14-27-28-24(30)19-9-8-18(13-20(19)25)29-15(2)6-7-16(29)3/h5-9,11-14H,1,10H2,2-4H3,(H,28,30)/b27-14-. The van der Waals surface area contributed by atoms with Crippen LogP contribution in [0.25, 0.3) is 5.69 Å². The number of amides is 1. The van der Waals surface area contributed by atoms with Gasteiger partial charge in [-0.15, -0.1) is 0 Å². The zero-order valence-corrected chi connectivity index (χ0v) is 20.9. The second kappa shape index (κ2) is 10.7.